The van der Waals surface area contributed by atoms with Gasteiger partial charge in [-0.2, -0.15) is 0 Å². The summed E-state index contributed by atoms with van der Waals surface area (Å²) in [5.74, 6) is -0.492. The molecule has 0 spiro atoms. The third kappa shape index (κ3) is 3.74. The number of nitrogens with zero attached hydrogens (tertiary/aromatic N) is 1. The standard InChI is InChI=1S/C20H19ClN2O2S/c1-3-13-8-4-6-10-15(13)22-17(24)12-23(2)20(25)19-18(21)14-9-5-7-11-16(14)26-19/h4-11H,3,12H2,1-2H3,(H,22,24). The van der Waals surface area contributed by atoms with Crippen molar-refractivity contribution < 1.29 is 9.59 Å². The van der Waals surface area contributed by atoms with Crippen LogP contribution in [0, 0.1) is 0 Å². The number of carbonyl (C=O) groups excluding carboxylic acids is 2. The van der Waals surface area contributed by atoms with Crippen molar-refractivity contribution in [1.29, 1.82) is 0 Å². The van der Waals surface area contributed by atoms with Crippen LogP contribution in [-0.4, -0.2) is 30.3 Å². The minimum Gasteiger partial charge on any atom is -0.332 e. The Labute approximate surface area is 161 Å². The van der Waals surface area contributed by atoms with Crippen LogP contribution in [0.5, 0.6) is 0 Å². The van der Waals surface area contributed by atoms with Gasteiger partial charge in [-0.15, -0.1) is 11.3 Å². The van der Waals surface area contributed by atoms with Crippen molar-refractivity contribution >= 4 is 50.5 Å². The Kier molecular flexibility index (Phi) is 5.59. The number of hydrogen-bond donors (Lipinski definition) is 1. The summed E-state index contributed by atoms with van der Waals surface area (Å²) in [7, 11) is 1.61. The van der Waals surface area contributed by atoms with Gasteiger partial charge < -0.3 is 10.2 Å². The van der Waals surface area contributed by atoms with E-state index in [4.69, 9.17) is 11.6 Å². The van der Waals surface area contributed by atoms with Crippen molar-refractivity contribution in [3.63, 3.8) is 0 Å². The van der Waals surface area contributed by atoms with Gasteiger partial charge in [0.05, 0.1) is 11.6 Å². The number of aryl methyl sites for hydroxylation is 1. The molecule has 0 aliphatic heterocycles. The molecule has 0 radical (unpaired) electrons. The van der Waals surface area contributed by atoms with Crippen LogP contribution < -0.4 is 5.32 Å². The topological polar surface area (TPSA) is 49.4 Å². The smallest absolute Gasteiger partial charge is 0.265 e. The maximum Gasteiger partial charge on any atom is 0.265 e. The van der Waals surface area contributed by atoms with Crippen LogP contribution in [0.4, 0.5) is 5.69 Å². The summed E-state index contributed by atoms with van der Waals surface area (Å²) in [5, 5.41) is 4.18. The zero-order valence-electron chi connectivity index (χ0n) is 14.6. The molecule has 0 fully saturated rings. The molecule has 0 saturated carbocycles. The van der Waals surface area contributed by atoms with Crippen molar-refractivity contribution in [3.05, 3.63) is 64.0 Å². The Balaban J connectivity index is 1.72. The molecule has 0 aliphatic carbocycles. The molecule has 3 aromatic rings. The average molecular weight is 387 g/mol. The summed E-state index contributed by atoms with van der Waals surface area (Å²) in [6.07, 6.45) is 0.822. The zero-order valence-corrected chi connectivity index (χ0v) is 16.2. The summed E-state index contributed by atoms with van der Waals surface area (Å²) >= 11 is 7.71. The second kappa shape index (κ2) is 7.89. The SMILES string of the molecule is CCc1ccccc1NC(=O)CN(C)C(=O)c1sc2ccccc2c1Cl. The fourth-order valence-electron chi connectivity index (χ4n) is 2.75. The highest BCUT2D eigenvalue weighted by Crippen LogP contribution is 2.35. The molecule has 134 valence electrons. The van der Waals surface area contributed by atoms with E-state index in [1.165, 1.54) is 16.2 Å². The van der Waals surface area contributed by atoms with Crippen molar-refractivity contribution in [2.75, 3.05) is 18.9 Å². The van der Waals surface area contributed by atoms with E-state index in [0.29, 0.717) is 9.90 Å². The third-order valence-corrected chi connectivity index (χ3v) is 5.79. The first kappa shape index (κ1) is 18.4. The maximum absolute atomic E-state index is 12.7. The largest absolute Gasteiger partial charge is 0.332 e. The second-order valence-corrected chi connectivity index (χ2v) is 7.39. The lowest BCUT2D eigenvalue weighted by molar-refractivity contribution is -0.116. The predicted molar refractivity (Wildman–Crippen MR) is 108 cm³/mol. The molecule has 1 N–H and O–H groups in total. The lowest BCUT2D eigenvalue weighted by Crippen LogP contribution is -2.34. The Morgan fingerprint density at radius 2 is 1.81 bits per heavy atom. The molecule has 1 aromatic heterocycles. The van der Waals surface area contributed by atoms with Gasteiger partial charge in [0.2, 0.25) is 5.91 Å². The van der Waals surface area contributed by atoms with Crippen molar-refractivity contribution in [3.8, 4) is 0 Å². The highest BCUT2D eigenvalue weighted by Gasteiger charge is 2.21. The molecule has 2 amide bonds. The van der Waals surface area contributed by atoms with Crippen LogP contribution in [0.25, 0.3) is 10.1 Å². The molecule has 6 heteroatoms. The molecule has 0 saturated heterocycles. The maximum atomic E-state index is 12.7. The normalized spacial score (nSPS) is 10.7. The summed E-state index contributed by atoms with van der Waals surface area (Å²) in [5.41, 5.74) is 1.84. The summed E-state index contributed by atoms with van der Waals surface area (Å²) in [4.78, 5) is 26.9. The molecule has 0 atom stereocenters. The van der Waals surface area contributed by atoms with Gasteiger partial charge in [-0.1, -0.05) is 54.9 Å². The number of hydrogen-bond acceptors (Lipinski definition) is 3. The number of halogens is 1. The lowest BCUT2D eigenvalue weighted by atomic mass is 10.1. The number of carbonyl (C=O) groups is 2. The first-order valence-corrected chi connectivity index (χ1v) is 9.51. The molecular formula is C20H19ClN2O2S. The zero-order chi connectivity index (χ0) is 18.7. The Morgan fingerprint density at radius 1 is 1.12 bits per heavy atom. The fraction of sp³-hybridized carbons (Fsp3) is 0.200. The van der Waals surface area contributed by atoms with E-state index in [9.17, 15) is 9.59 Å². The molecule has 4 nitrogen and oxygen atoms in total. The van der Waals surface area contributed by atoms with Gasteiger partial charge in [0.25, 0.3) is 5.91 Å². The minimum absolute atomic E-state index is 0.0402. The van der Waals surface area contributed by atoms with Gasteiger partial charge >= 0.3 is 0 Å². The van der Waals surface area contributed by atoms with E-state index in [0.717, 1.165) is 27.8 Å². The Bertz CT molecular complexity index is 967. The lowest BCUT2D eigenvalue weighted by Gasteiger charge is -2.17. The number of thiophene rings is 1. The second-order valence-electron chi connectivity index (χ2n) is 5.96. The molecule has 2 aromatic carbocycles. The van der Waals surface area contributed by atoms with E-state index in [-0.39, 0.29) is 18.4 Å². The van der Waals surface area contributed by atoms with Gasteiger partial charge in [0, 0.05) is 22.8 Å². The van der Waals surface area contributed by atoms with Gasteiger partial charge in [0.1, 0.15) is 4.88 Å². The van der Waals surface area contributed by atoms with Crippen LogP contribution in [-0.2, 0) is 11.2 Å². The molecule has 0 unspecified atom stereocenters. The van der Waals surface area contributed by atoms with Crippen LogP contribution in [0.1, 0.15) is 22.2 Å². The Morgan fingerprint density at radius 3 is 2.54 bits per heavy atom. The highest BCUT2D eigenvalue weighted by atomic mass is 35.5. The van der Waals surface area contributed by atoms with E-state index < -0.39 is 0 Å². The van der Waals surface area contributed by atoms with Gasteiger partial charge in [-0.3, -0.25) is 9.59 Å². The average Bonchev–Trinajstić information content (AvgIpc) is 2.98. The number of para-hydroxylation sites is 1. The number of anilines is 1. The summed E-state index contributed by atoms with van der Waals surface area (Å²) in [6.45, 7) is 1.99. The highest BCUT2D eigenvalue weighted by molar-refractivity contribution is 7.21. The van der Waals surface area contributed by atoms with Crippen LogP contribution in [0.2, 0.25) is 5.02 Å². The number of amides is 2. The van der Waals surface area contributed by atoms with Crippen molar-refractivity contribution in [2.24, 2.45) is 0 Å². The molecule has 0 bridgehead atoms. The van der Waals surface area contributed by atoms with E-state index in [2.05, 4.69) is 5.32 Å². The molecule has 1 heterocycles. The molecule has 3 rings (SSSR count). The van der Waals surface area contributed by atoms with Crippen LogP contribution >= 0.6 is 22.9 Å². The number of benzene rings is 2. The number of rotatable bonds is 5. The van der Waals surface area contributed by atoms with E-state index >= 15 is 0 Å². The van der Waals surface area contributed by atoms with E-state index in [1.807, 2.05) is 55.5 Å². The van der Waals surface area contributed by atoms with E-state index in [1.54, 1.807) is 7.05 Å². The monoisotopic (exact) mass is 386 g/mol. The Hall–Kier alpha value is -2.37. The van der Waals surface area contributed by atoms with Crippen LogP contribution in [0.3, 0.4) is 0 Å². The summed E-state index contributed by atoms with van der Waals surface area (Å²) in [6, 6.07) is 15.3. The van der Waals surface area contributed by atoms with Gasteiger partial charge in [-0.05, 0) is 24.1 Å². The van der Waals surface area contributed by atoms with Crippen molar-refractivity contribution in [2.45, 2.75) is 13.3 Å². The summed E-state index contributed by atoms with van der Waals surface area (Å²) < 4.78 is 0.954. The number of fused-ring (bicyclic) bond motifs is 1. The number of nitrogens with one attached hydrogen (secondary N) is 1. The van der Waals surface area contributed by atoms with Gasteiger partial charge in [0.15, 0.2) is 0 Å². The molecule has 26 heavy (non-hydrogen) atoms. The van der Waals surface area contributed by atoms with Crippen molar-refractivity contribution in [1.82, 2.24) is 4.90 Å². The quantitative estimate of drug-likeness (QED) is 0.682. The molecular weight excluding hydrogens is 368 g/mol. The molecule has 0 aliphatic rings. The minimum atomic E-state index is -0.255. The van der Waals surface area contributed by atoms with Crippen LogP contribution in [0.15, 0.2) is 48.5 Å². The first-order valence-electron chi connectivity index (χ1n) is 8.31. The van der Waals surface area contributed by atoms with Gasteiger partial charge in [-0.25, -0.2) is 0 Å². The first-order chi connectivity index (χ1) is 12.5. The fourth-order valence-corrected chi connectivity index (χ4v) is 4.26. The number of likely N-dealkylation sites (N-methyl/N-ethyl adjacent to an activating group) is 1. The predicted octanol–water partition coefficient (Wildman–Crippen LogP) is 4.83. The third-order valence-electron chi connectivity index (χ3n) is 4.13.